The Labute approximate surface area is 162 Å². The number of urea groups is 1. The van der Waals surface area contributed by atoms with E-state index in [0.29, 0.717) is 18.3 Å². The van der Waals surface area contributed by atoms with Crippen molar-refractivity contribution < 1.29 is 9.59 Å². The molecule has 7 heteroatoms. The van der Waals surface area contributed by atoms with Crippen LogP contribution >= 0.6 is 0 Å². The zero-order valence-corrected chi connectivity index (χ0v) is 17.2. The second-order valence-corrected chi connectivity index (χ2v) is 7.86. The summed E-state index contributed by atoms with van der Waals surface area (Å²) in [4.78, 5) is 30.4. The van der Waals surface area contributed by atoms with Crippen LogP contribution < -0.4 is 10.6 Å². The highest BCUT2D eigenvalue weighted by atomic mass is 16.2. The number of nitrogens with zero attached hydrogens (tertiary/aromatic N) is 3. The number of hydrogen-bond acceptors (Lipinski definition) is 4. The molecule has 1 aliphatic heterocycles. The molecule has 2 N–H and O–H groups in total. The van der Waals surface area contributed by atoms with Gasteiger partial charge in [0, 0.05) is 44.0 Å². The van der Waals surface area contributed by atoms with Crippen molar-refractivity contribution in [1.82, 2.24) is 14.7 Å². The molecule has 0 bridgehead atoms. The molecular formula is C20H33N5O2. The molecule has 1 fully saturated rings. The normalized spacial score (nSPS) is 19.6. The van der Waals surface area contributed by atoms with Crippen LogP contribution in [-0.4, -0.2) is 81.0 Å². The van der Waals surface area contributed by atoms with Crippen LogP contribution in [-0.2, 0) is 4.79 Å². The summed E-state index contributed by atoms with van der Waals surface area (Å²) in [6.07, 6.45) is 0.440. The Morgan fingerprint density at radius 1 is 0.926 bits per heavy atom. The smallest absolute Gasteiger partial charge is 0.321 e. The van der Waals surface area contributed by atoms with Crippen LogP contribution in [0.3, 0.4) is 0 Å². The number of benzene rings is 1. The molecule has 0 aliphatic carbocycles. The lowest BCUT2D eigenvalue weighted by Crippen LogP contribution is -2.34. The second-order valence-electron chi connectivity index (χ2n) is 7.86. The molecule has 1 aromatic carbocycles. The first kappa shape index (κ1) is 21.2. The molecule has 150 valence electrons. The summed E-state index contributed by atoms with van der Waals surface area (Å²) >= 11 is 0. The van der Waals surface area contributed by atoms with Crippen molar-refractivity contribution in [1.29, 1.82) is 0 Å². The molecule has 2 rings (SSSR count). The Hall–Kier alpha value is -2.12. The van der Waals surface area contributed by atoms with E-state index >= 15 is 0 Å². The van der Waals surface area contributed by atoms with E-state index in [1.54, 1.807) is 12.1 Å². The average molecular weight is 376 g/mol. The summed E-state index contributed by atoms with van der Waals surface area (Å²) < 4.78 is 0. The molecule has 3 amide bonds. The zero-order valence-electron chi connectivity index (χ0n) is 17.2. The Morgan fingerprint density at radius 3 is 1.78 bits per heavy atom. The summed E-state index contributed by atoms with van der Waals surface area (Å²) in [5.41, 5.74) is 1.47. The van der Waals surface area contributed by atoms with Crippen molar-refractivity contribution in [2.24, 2.45) is 11.8 Å². The van der Waals surface area contributed by atoms with Gasteiger partial charge in [-0.25, -0.2) is 4.79 Å². The minimum Gasteiger partial charge on any atom is -0.326 e. The van der Waals surface area contributed by atoms with Crippen molar-refractivity contribution in [2.75, 3.05) is 65.0 Å². The molecule has 2 atom stereocenters. The first-order chi connectivity index (χ1) is 12.8. The number of carbonyl (C=O) groups excluding carboxylic acids is 2. The van der Waals surface area contributed by atoms with E-state index in [0.717, 1.165) is 37.6 Å². The molecule has 0 saturated carbocycles. The van der Waals surface area contributed by atoms with Gasteiger partial charge in [0.05, 0.1) is 0 Å². The Morgan fingerprint density at radius 2 is 1.37 bits per heavy atom. The molecule has 0 radical (unpaired) electrons. The van der Waals surface area contributed by atoms with Gasteiger partial charge in [0.1, 0.15) is 0 Å². The highest BCUT2D eigenvalue weighted by Gasteiger charge is 2.35. The van der Waals surface area contributed by atoms with Crippen LogP contribution in [0.25, 0.3) is 0 Å². The van der Waals surface area contributed by atoms with Crippen molar-refractivity contribution in [3.8, 4) is 0 Å². The standard InChI is InChI=1S/C20H33N5O2/c1-6-19(26)21-17-7-9-18(10-8-17)22-20(27)25-13-15(11-23(2)3)16(14-25)12-24(4)5/h7-10,15-16H,6,11-14H2,1-5H3,(H,21,26)(H,22,27)/t15-,16-/m1/s1. The van der Waals surface area contributed by atoms with E-state index < -0.39 is 0 Å². The SMILES string of the molecule is CCC(=O)Nc1ccc(NC(=O)N2C[C@@H](CN(C)C)[C@H](CN(C)C)C2)cc1. The van der Waals surface area contributed by atoms with Gasteiger partial charge >= 0.3 is 6.03 Å². The Bertz CT molecular complexity index is 612. The molecule has 1 heterocycles. The van der Waals surface area contributed by atoms with E-state index in [4.69, 9.17) is 0 Å². The third-order valence-corrected chi connectivity index (χ3v) is 4.80. The lowest BCUT2D eigenvalue weighted by Gasteiger charge is -2.24. The Kier molecular flexibility index (Phi) is 7.62. The Balaban J connectivity index is 1.95. The first-order valence-corrected chi connectivity index (χ1v) is 9.53. The monoisotopic (exact) mass is 375 g/mol. The number of amides is 3. The molecule has 27 heavy (non-hydrogen) atoms. The molecule has 1 saturated heterocycles. The number of carbonyl (C=O) groups is 2. The van der Waals surface area contributed by atoms with Crippen LogP contribution in [0.2, 0.25) is 0 Å². The summed E-state index contributed by atoms with van der Waals surface area (Å²) in [5.74, 6) is 0.919. The van der Waals surface area contributed by atoms with Crippen LogP contribution in [0.1, 0.15) is 13.3 Å². The molecule has 1 aliphatic rings. The van der Waals surface area contributed by atoms with Crippen LogP contribution in [0.15, 0.2) is 24.3 Å². The van der Waals surface area contributed by atoms with Crippen molar-refractivity contribution in [3.05, 3.63) is 24.3 Å². The fourth-order valence-corrected chi connectivity index (χ4v) is 3.55. The summed E-state index contributed by atoms with van der Waals surface area (Å²) in [7, 11) is 8.31. The number of nitrogens with one attached hydrogen (secondary N) is 2. The van der Waals surface area contributed by atoms with Gasteiger partial charge in [-0.05, 0) is 64.3 Å². The fourth-order valence-electron chi connectivity index (χ4n) is 3.55. The van der Waals surface area contributed by atoms with E-state index in [-0.39, 0.29) is 11.9 Å². The molecule has 1 aromatic rings. The van der Waals surface area contributed by atoms with Crippen molar-refractivity contribution in [3.63, 3.8) is 0 Å². The van der Waals surface area contributed by atoms with Gasteiger partial charge in [-0.3, -0.25) is 4.79 Å². The predicted octanol–water partition coefficient (Wildman–Crippen LogP) is 2.24. The lowest BCUT2D eigenvalue weighted by molar-refractivity contribution is -0.115. The maximum absolute atomic E-state index is 12.7. The quantitative estimate of drug-likeness (QED) is 0.767. The van der Waals surface area contributed by atoms with Gasteiger partial charge < -0.3 is 25.3 Å². The summed E-state index contributed by atoms with van der Waals surface area (Å²) in [6, 6.07) is 7.17. The molecule has 7 nitrogen and oxygen atoms in total. The number of hydrogen-bond donors (Lipinski definition) is 2. The van der Waals surface area contributed by atoms with Gasteiger partial charge in [-0.15, -0.1) is 0 Å². The van der Waals surface area contributed by atoms with E-state index in [9.17, 15) is 9.59 Å². The third-order valence-electron chi connectivity index (χ3n) is 4.80. The minimum atomic E-state index is -0.0645. The molecule has 0 aromatic heterocycles. The fraction of sp³-hybridized carbons (Fsp3) is 0.600. The predicted molar refractivity (Wildman–Crippen MR) is 110 cm³/mol. The summed E-state index contributed by atoms with van der Waals surface area (Å²) in [5, 5.41) is 5.78. The third kappa shape index (κ3) is 6.52. The van der Waals surface area contributed by atoms with Gasteiger partial charge in [-0.2, -0.15) is 0 Å². The van der Waals surface area contributed by atoms with Crippen LogP contribution in [0.5, 0.6) is 0 Å². The topological polar surface area (TPSA) is 67.9 Å². The van der Waals surface area contributed by atoms with Crippen molar-refractivity contribution >= 4 is 23.3 Å². The van der Waals surface area contributed by atoms with Crippen molar-refractivity contribution in [2.45, 2.75) is 13.3 Å². The summed E-state index contributed by atoms with van der Waals surface area (Å²) in [6.45, 7) is 5.32. The number of anilines is 2. The van der Waals surface area contributed by atoms with E-state index in [1.165, 1.54) is 0 Å². The highest BCUT2D eigenvalue weighted by Crippen LogP contribution is 2.25. The van der Waals surface area contributed by atoms with E-state index in [2.05, 4.69) is 48.6 Å². The largest absolute Gasteiger partial charge is 0.326 e. The zero-order chi connectivity index (χ0) is 20.0. The number of rotatable bonds is 7. The van der Waals surface area contributed by atoms with Gasteiger partial charge in [0.2, 0.25) is 5.91 Å². The molecular weight excluding hydrogens is 342 g/mol. The van der Waals surface area contributed by atoms with Crippen LogP contribution in [0.4, 0.5) is 16.2 Å². The molecule has 0 unspecified atom stereocenters. The van der Waals surface area contributed by atoms with Gasteiger partial charge in [-0.1, -0.05) is 6.92 Å². The van der Waals surface area contributed by atoms with E-state index in [1.807, 2.05) is 24.0 Å². The average Bonchev–Trinajstić information content (AvgIpc) is 2.97. The first-order valence-electron chi connectivity index (χ1n) is 9.53. The second kappa shape index (κ2) is 9.71. The van der Waals surface area contributed by atoms with Crippen LogP contribution in [0, 0.1) is 11.8 Å². The maximum Gasteiger partial charge on any atom is 0.321 e. The highest BCUT2D eigenvalue weighted by molar-refractivity contribution is 5.92. The maximum atomic E-state index is 12.7. The molecule has 0 spiro atoms. The number of likely N-dealkylation sites (tertiary alicyclic amines) is 1. The van der Waals surface area contributed by atoms with Gasteiger partial charge in [0.25, 0.3) is 0 Å². The van der Waals surface area contributed by atoms with Gasteiger partial charge in [0.15, 0.2) is 0 Å². The lowest BCUT2D eigenvalue weighted by atomic mass is 9.95. The minimum absolute atomic E-state index is 0.0253.